The van der Waals surface area contributed by atoms with Crippen LogP contribution in [0.2, 0.25) is 0 Å². The summed E-state index contributed by atoms with van der Waals surface area (Å²) in [5, 5.41) is 3.48. The van der Waals surface area contributed by atoms with Crippen LogP contribution in [-0.2, 0) is 0 Å². The number of hydrogen-bond acceptors (Lipinski definition) is 2. The van der Waals surface area contributed by atoms with Crippen molar-refractivity contribution in [2.75, 3.05) is 19.6 Å². The highest BCUT2D eigenvalue weighted by atomic mass is 15.2. The Balaban J connectivity index is 1.86. The molecule has 0 aromatic heterocycles. The van der Waals surface area contributed by atoms with Crippen molar-refractivity contribution in [3.63, 3.8) is 0 Å². The Morgan fingerprint density at radius 3 is 2.57 bits per heavy atom. The molecule has 1 N–H and O–H groups in total. The van der Waals surface area contributed by atoms with Crippen LogP contribution in [0.3, 0.4) is 0 Å². The molecule has 14 heavy (non-hydrogen) atoms. The molecule has 0 aromatic carbocycles. The van der Waals surface area contributed by atoms with Crippen molar-refractivity contribution >= 4 is 0 Å². The molecule has 1 saturated heterocycles. The third-order valence-corrected chi connectivity index (χ3v) is 3.80. The van der Waals surface area contributed by atoms with Gasteiger partial charge >= 0.3 is 0 Å². The molecule has 1 saturated carbocycles. The van der Waals surface area contributed by atoms with Crippen molar-refractivity contribution in [2.45, 2.75) is 51.6 Å². The number of nitrogens with zero attached hydrogens (tertiary/aromatic N) is 1. The average Bonchev–Trinajstić information content (AvgIpc) is 2.62. The van der Waals surface area contributed by atoms with Crippen molar-refractivity contribution in [3.8, 4) is 0 Å². The summed E-state index contributed by atoms with van der Waals surface area (Å²) in [5.41, 5.74) is 0. The van der Waals surface area contributed by atoms with Crippen molar-refractivity contribution in [2.24, 2.45) is 5.92 Å². The predicted octanol–water partition coefficient (Wildman–Crippen LogP) is 1.86. The highest BCUT2D eigenvalue weighted by Crippen LogP contribution is 2.33. The highest BCUT2D eigenvalue weighted by Gasteiger charge is 2.34. The first-order chi connectivity index (χ1) is 6.81. The first-order valence-electron chi connectivity index (χ1n) is 6.27. The molecule has 1 heterocycles. The number of rotatable bonds is 4. The molecule has 2 nitrogen and oxygen atoms in total. The van der Waals surface area contributed by atoms with Gasteiger partial charge in [-0.05, 0) is 44.7 Å². The van der Waals surface area contributed by atoms with E-state index in [0.29, 0.717) is 0 Å². The second-order valence-corrected chi connectivity index (χ2v) is 5.11. The van der Waals surface area contributed by atoms with Crippen LogP contribution in [0.25, 0.3) is 0 Å². The molecule has 2 fully saturated rings. The fourth-order valence-corrected chi connectivity index (χ4v) is 2.97. The summed E-state index contributed by atoms with van der Waals surface area (Å²) in [7, 11) is 0. The number of hydrogen-bond donors (Lipinski definition) is 1. The monoisotopic (exact) mass is 196 g/mol. The third kappa shape index (κ3) is 2.12. The Labute approximate surface area is 88.1 Å². The van der Waals surface area contributed by atoms with Gasteiger partial charge in [0.1, 0.15) is 0 Å². The van der Waals surface area contributed by atoms with E-state index >= 15 is 0 Å². The Kier molecular flexibility index (Phi) is 3.45. The maximum Gasteiger partial charge on any atom is 0.0235 e. The van der Waals surface area contributed by atoms with E-state index in [9.17, 15) is 0 Å². The minimum absolute atomic E-state index is 0.840. The molecule has 0 radical (unpaired) electrons. The first-order valence-corrected chi connectivity index (χ1v) is 6.27. The van der Waals surface area contributed by atoms with Gasteiger partial charge in [0, 0.05) is 18.6 Å². The Hall–Kier alpha value is -0.0800. The van der Waals surface area contributed by atoms with Crippen LogP contribution in [0.5, 0.6) is 0 Å². The second-order valence-electron chi connectivity index (χ2n) is 5.11. The molecular formula is C12H24N2. The third-order valence-electron chi connectivity index (χ3n) is 3.80. The Morgan fingerprint density at radius 2 is 2.07 bits per heavy atom. The van der Waals surface area contributed by atoms with Gasteiger partial charge < -0.3 is 5.32 Å². The van der Waals surface area contributed by atoms with E-state index in [1.54, 1.807) is 0 Å². The van der Waals surface area contributed by atoms with E-state index in [1.807, 2.05) is 0 Å². The summed E-state index contributed by atoms with van der Waals surface area (Å²) in [6.07, 6.45) is 5.55. The largest absolute Gasteiger partial charge is 0.315 e. The fourth-order valence-electron chi connectivity index (χ4n) is 2.97. The zero-order chi connectivity index (χ0) is 9.97. The summed E-state index contributed by atoms with van der Waals surface area (Å²) >= 11 is 0. The van der Waals surface area contributed by atoms with Crippen molar-refractivity contribution in [3.05, 3.63) is 0 Å². The lowest BCUT2D eigenvalue weighted by Crippen LogP contribution is -2.50. The lowest BCUT2D eigenvalue weighted by molar-refractivity contribution is 0.0542. The van der Waals surface area contributed by atoms with Crippen molar-refractivity contribution in [1.29, 1.82) is 0 Å². The molecule has 0 aromatic rings. The average molecular weight is 196 g/mol. The van der Waals surface area contributed by atoms with Gasteiger partial charge in [0.2, 0.25) is 0 Å². The summed E-state index contributed by atoms with van der Waals surface area (Å²) in [5.74, 6) is 0.980. The van der Waals surface area contributed by atoms with E-state index in [0.717, 1.165) is 18.0 Å². The molecule has 0 spiro atoms. The molecule has 1 aliphatic carbocycles. The first kappa shape index (κ1) is 10.4. The molecular weight excluding hydrogens is 172 g/mol. The second kappa shape index (κ2) is 4.63. The summed E-state index contributed by atoms with van der Waals surface area (Å²) in [6, 6.07) is 1.75. The van der Waals surface area contributed by atoms with E-state index in [2.05, 4.69) is 24.1 Å². The van der Waals surface area contributed by atoms with Crippen LogP contribution in [0.4, 0.5) is 0 Å². The van der Waals surface area contributed by atoms with Gasteiger partial charge in [-0.1, -0.05) is 13.8 Å². The summed E-state index contributed by atoms with van der Waals surface area (Å²) in [6.45, 7) is 8.45. The standard InChI is InChI=1S/C12H24N2/c1-3-6-14(11-4-5-13-9-11)12-7-10(2)8-12/h10-13H,3-9H2,1-2H3. The van der Waals surface area contributed by atoms with Gasteiger partial charge in [0.25, 0.3) is 0 Å². The molecule has 1 unspecified atom stereocenters. The fraction of sp³-hybridized carbons (Fsp3) is 1.00. The summed E-state index contributed by atoms with van der Waals surface area (Å²) in [4.78, 5) is 2.78. The molecule has 2 rings (SSSR count). The quantitative estimate of drug-likeness (QED) is 0.738. The Morgan fingerprint density at radius 1 is 1.29 bits per heavy atom. The van der Waals surface area contributed by atoms with Crippen LogP contribution in [-0.4, -0.2) is 36.6 Å². The van der Waals surface area contributed by atoms with E-state index in [1.165, 1.54) is 45.3 Å². The summed E-state index contributed by atoms with van der Waals surface area (Å²) < 4.78 is 0. The van der Waals surface area contributed by atoms with E-state index in [-0.39, 0.29) is 0 Å². The number of nitrogens with one attached hydrogen (secondary N) is 1. The van der Waals surface area contributed by atoms with Gasteiger partial charge in [-0.15, -0.1) is 0 Å². The molecule has 1 atom stereocenters. The molecule has 2 heteroatoms. The van der Waals surface area contributed by atoms with Crippen molar-refractivity contribution < 1.29 is 0 Å². The van der Waals surface area contributed by atoms with E-state index in [4.69, 9.17) is 0 Å². The molecule has 82 valence electrons. The highest BCUT2D eigenvalue weighted by molar-refractivity contribution is 4.91. The van der Waals surface area contributed by atoms with E-state index < -0.39 is 0 Å². The minimum atomic E-state index is 0.840. The van der Waals surface area contributed by atoms with Crippen LogP contribution in [0.1, 0.15) is 39.5 Å². The van der Waals surface area contributed by atoms with Gasteiger partial charge in [0.05, 0.1) is 0 Å². The van der Waals surface area contributed by atoms with Gasteiger partial charge in [-0.3, -0.25) is 4.90 Å². The normalized spacial score (nSPS) is 37.5. The van der Waals surface area contributed by atoms with Gasteiger partial charge in [-0.25, -0.2) is 0 Å². The minimum Gasteiger partial charge on any atom is -0.315 e. The van der Waals surface area contributed by atoms with Crippen LogP contribution >= 0.6 is 0 Å². The molecule has 1 aliphatic heterocycles. The predicted molar refractivity (Wildman–Crippen MR) is 60.5 cm³/mol. The smallest absolute Gasteiger partial charge is 0.0235 e. The van der Waals surface area contributed by atoms with Crippen LogP contribution in [0.15, 0.2) is 0 Å². The van der Waals surface area contributed by atoms with Crippen molar-refractivity contribution in [1.82, 2.24) is 10.2 Å². The SMILES string of the molecule is CCCN(C1CCNC1)C1CC(C)C1. The van der Waals surface area contributed by atoms with Crippen LogP contribution < -0.4 is 5.32 Å². The Bertz CT molecular complexity index is 169. The molecule has 0 bridgehead atoms. The lowest BCUT2D eigenvalue weighted by atomic mass is 9.80. The van der Waals surface area contributed by atoms with Crippen LogP contribution in [0, 0.1) is 5.92 Å². The molecule has 2 aliphatic rings. The maximum atomic E-state index is 3.48. The van der Waals surface area contributed by atoms with Gasteiger partial charge in [-0.2, -0.15) is 0 Å². The topological polar surface area (TPSA) is 15.3 Å². The molecule has 0 amide bonds. The lowest BCUT2D eigenvalue weighted by Gasteiger charge is -2.44. The zero-order valence-electron chi connectivity index (χ0n) is 9.63. The maximum absolute atomic E-state index is 3.48. The van der Waals surface area contributed by atoms with Gasteiger partial charge in [0.15, 0.2) is 0 Å². The zero-order valence-corrected chi connectivity index (χ0v) is 9.63.